The molecule has 0 radical (unpaired) electrons. The molecule has 1 aromatic carbocycles. The Kier molecular flexibility index (Phi) is 6.47. The van der Waals surface area contributed by atoms with E-state index in [9.17, 15) is 4.21 Å². The van der Waals surface area contributed by atoms with Gasteiger partial charge in [0, 0.05) is 28.6 Å². The number of hydrogen-bond acceptors (Lipinski definition) is 5. The van der Waals surface area contributed by atoms with Crippen molar-refractivity contribution < 1.29 is 4.21 Å². The molecule has 1 atom stereocenters. The van der Waals surface area contributed by atoms with Crippen LogP contribution in [-0.4, -0.2) is 29.5 Å². The predicted molar refractivity (Wildman–Crippen MR) is 119 cm³/mol. The lowest BCUT2D eigenvalue weighted by Crippen LogP contribution is -2.07. The highest BCUT2D eigenvalue weighted by Crippen LogP contribution is 2.26. The highest BCUT2D eigenvalue weighted by Gasteiger charge is 2.14. The minimum absolute atomic E-state index is 0.292. The summed E-state index contributed by atoms with van der Waals surface area (Å²) in [5, 5.41) is 3.29. The van der Waals surface area contributed by atoms with Crippen molar-refractivity contribution in [2.45, 2.75) is 52.5 Å². The van der Waals surface area contributed by atoms with Crippen molar-refractivity contribution in [3.8, 4) is 11.4 Å². The maximum Gasteiger partial charge on any atom is 0.227 e. The fourth-order valence-corrected chi connectivity index (χ4v) is 4.62. The average Bonchev–Trinajstić information content (AvgIpc) is 3.05. The number of nitrogens with one attached hydrogen (secondary N) is 1. The van der Waals surface area contributed by atoms with Crippen LogP contribution in [0.3, 0.4) is 0 Å². The third-order valence-corrected chi connectivity index (χ3v) is 6.36. The van der Waals surface area contributed by atoms with E-state index in [0.717, 1.165) is 33.4 Å². The van der Waals surface area contributed by atoms with Crippen molar-refractivity contribution in [1.82, 2.24) is 19.5 Å². The molecule has 0 spiro atoms. The molecule has 0 saturated carbocycles. The molecule has 0 bridgehead atoms. The first kappa shape index (κ1) is 21.2. The minimum Gasteiger partial charge on any atom is -0.324 e. The van der Waals surface area contributed by atoms with E-state index < -0.39 is 10.8 Å². The molecular formula is C22H29N5OS. The topological polar surface area (TPSA) is 72.7 Å². The molecule has 0 amide bonds. The molecule has 0 aliphatic carbocycles. The molecule has 0 aliphatic rings. The van der Waals surface area contributed by atoms with Crippen LogP contribution in [-0.2, 0) is 10.8 Å². The number of aromatic nitrogens is 4. The number of hydrogen-bond donors (Lipinski definition) is 1. The smallest absolute Gasteiger partial charge is 0.227 e. The Morgan fingerprint density at radius 1 is 1.10 bits per heavy atom. The van der Waals surface area contributed by atoms with Gasteiger partial charge in [0.15, 0.2) is 0 Å². The Labute approximate surface area is 175 Å². The van der Waals surface area contributed by atoms with Gasteiger partial charge in [-0.05, 0) is 63.4 Å². The van der Waals surface area contributed by atoms with Gasteiger partial charge in [-0.3, -0.25) is 4.21 Å². The molecule has 7 heteroatoms. The van der Waals surface area contributed by atoms with Gasteiger partial charge in [0.05, 0.1) is 28.4 Å². The van der Waals surface area contributed by atoms with Crippen molar-refractivity contribution in [2.24, 2.45) is 5.92 Å². The lowest BCUT2D eigenvalue weighted by atomic mass is 10.2. The third kappa shape index (κ3) is 4.90. The fourth-order valence-electron chi connectivity index (χ4n) is 3.29. The van der Waals surface area contributed by atoms with E-state index in [1.165, 1.54) is 0 Å². The molecule has 1 N–H and O–H groups in total. The summed E-state index contributed by atoms with van der Waals surface area (Å²) in [6, 6.07) is 8.02. The van der Waals surface area contributed by atoms with Crippen molar-refractivity contribution in [1.29, 1.82) is 0 Å². The summed E-state index contributed by atoms with van der Waals surface area (Å²) in [6.07, 6.45) is 3.60. The Bertz CT molecular complexity index is 1030. The van der Waals surface area contributed by atoms with E-state index in [0.29, 0.717) is 23.7 Å². The van der Waals surface area contributed by atoms with Crippen LogP contribution in [0.2, 0.25) is 0 Å². The fraction of sp³-hybridized carbons (Fsp3) is 0.409. The second kappa shape index (κ2) is 8.86. The minimum atomic E-state index is -0.981. The third-order valence-electron chi connectivity index (χ3n) is 4.61. The van der Waals surface area contributed by atoms with Gasteiger partial charge < -0.3 is 9.88 Å². The van der Waals surface area contributed by atoms with Crippen LogP contribution < -0.4 is 5.32 Å². The van der Waals surface area contributed by atoms with Crippen molar-refractivity contribution in [3.05, 3.63) is 48.0 Å². The molecule has 154 valence electrons. The van der Waals surface area contributed by atoms with Crippen LogP contribution in [0.15, 0.2) is 41.6 Å². The van der Waals surface area contributed by atoms with E-state index in [4.69, 9.17) is 0 Å². The van der Waals surface area contributed by atoms with Crippen LogP contribution >= 0.6 is 0 Å². The summed E-state index contributed by atoms with van der Waals surface area (Å²) < 4.78 is 14.6. The first-order chi connectivity index (χ1) is 13.8. The van der Waals surface area contributed by atoms with Gasteiger partial charge in [0.1, 0.15) is 5.82 Å². The van der Waals surface area contributed by atoms with Crippen molar-refractivity contribution in [3.63, 3.8) is 0 Å². The monoisotopic (exact) mass is 411 g/mol. The van der Waals surface area contributed by atoms with Gasteiger partial charge in [-0.2, -0.15) is 0 Å². The number of nitrogens with zero attached hydrogens (tertiary/aromatic N) is 4. The summed E-state index contributed by atoms with van der Waals surface area (Å²) in [5.41, 5.74) is 3.71. The second-order valence-corrected chi connectivity index (χ2v) is 9.42. The zero-order chi connectivity index (χ0) is 21.1. The lowest BCUT2D eigenvalue weighted by Gasteiger charge is -2.14. The zero-order valence-electron chi connectivity index (χ0n) is 17.9. The maximum atomic E-state index is 12.4. The summed E-state index contributed by atoms with van der Waals surface area (Å²) in [4.78, 5) is 14.4. The van der Waals surface area contributed by atoms with E-state index >= 15 is 0 Å². The molecule has 2 heterocycles. The van der Waals surface area contributed by atoms with Crippen LogP contribution in [0.5, 0.6) is 0 Å². The maximum absolute atomic E-state index is 12.4. The molecule has 1 unspecified atom stereocenters. The number of rotatable bonds is 7. The summed E-state index contributed by atoms with van der Waals surface area (Å²) in [5.74, 6) is 2.55. The summed E-state index contributed by atoms with van der Waals surface area (Å²) in [6.45, 7) is 12.4. The zero-order valence-corrected chi connectivity index (χ0v) is 18.7. The first-order valence-corrected chi connectivity index (χ1v) is 11.2. The summed E-state index contributed by atoms with van der Waals surface area (Å²) >= 11 is 0. The van der Waals surface area contributed by atoms with Gasteiger partial charge in [0.25, 0.3) is 0 Å². The molecular weight excluding hydrogens is 382 g/mol. The van der Waals surface area contributed by atoms with Gasteiger partial charge in [-0.25, -0.2) is 15.0 Å². The van der Waals surface area contributed by atoms with Crippen LogP contribution in [0.4, 0.5) is 11.6 Å². The molecule has 0 aliphatic heterocycles. The van der Waals surface area contributed by atoms with E-state index in [2.05, 4.69) is 52.5 Å². The van der Waals surface area contributed by atoms with E-state index in [1.54, 1.807) is 6.20 Å². The Morgan fingerprint density at radius 3 is 2.52 bits per heavy atom. The number of anilines is 2. The van der Waals surface area contributed by atoms with Crippen molar-refractivity contribution >= 4 is 22.4 Å². The number of benzene rings is 1. The molecule has 3 aromatic rings. The summed E-state index contributed by atoms with van der Waals surface area (Å²) in [7, 11) is -0.981. The van der Waals surface area contributed by atoms with Crippen LogP contribution in [0, 0.1) is 19.8 Å². The molecule has 3 rings (SSSR count). The Hall–Kier alpha value is -2.54. The lowest BCUT2D eigenvalue weighted by molar-refractivity contribution is 0.587. The van der Waals surface area contributed by atoms with Crippen LogP contribution in [0.1, 0.15) is 45.1 Å². The van der Waals surface area contributed by atoms with Gasteiger partial charge >= 0.3 is 0 Å². The molecule has 0 saturated heterocycles. The highest BCUT2D eigenvalue weighted by molar-refractivity contribution is 7.85. The van der Waals surface area contributed by atoms with Crippen LogP contribution in [0.25, 0.3) is 11.4 Å². The molecule has 29 heavy (non-hydrogen) atoms. The first-order valence-electron chi connectivity index (χ1n) is 9.89. The normalized spacial score (nSPS) is 12.6. The van der Waals surface area contributed by atoms with Gasteiger partial charge in [-0.1, -0.05) is 13.8 Å². The van der Waals surface area contributed by atoms with E-state index in [-0.39, 0.29) is 0 Å². The van der Waals surface area contributed by atoms with Gasteiger partial charge in [-0.15, -0.1) is 0 Å². The van der Waals surface area contributed by atoms with Gasteiger partial charge in [0.2, 0.25) is 5.95 Å². The standard InChI is InChI=1S/C22H29N5OS/c1-14(2)13-29(28)18-7-8-19(16(5)11-18)25-22-23-10-9-20(26-22)21-12-24-17(6)27(21)15(3)4/h7-12,14-15H,13H2,1-6H3,(H,23,25,26). The SMILES string of the molecule is Cc1cc(S(=O)CC(C)C)ccc1Nc1nccc(-c2cnc(C)n2C(C)C)n1. The second-order valence-electron chi connectivity index (χ2n) is 7.93. The Balaban J connectivity index is 1.85. The highest BCUT2D eigenvalue weighted by atomic mass is 32.2. The molecule has 0 fully saturated rings. The molecule has 6 nitrogen and oxygen atoms in total. The average molecular weight is 412 g/mol. The quantitative estimate of drug-likeness (QED) is 0.589. The Morgan fingerprint density at radius 2 is 1.86 bits per heavy atom. The predicted octanol–water partition coefficient (Wildman–Crippen LogP) is 5.05. The molecule has 2 aromatic heterocycles. The van der Waals surface area contributed by atoms with Crippen molar-refractivity contribution in [2.75, 3.05) is 11.1 Å². The number of imidazole rings is 1. The largest absolute Gasteiger partial charge is 0.324 e. The van der Waals surface area contributed by atoms with E-state index in [1.807, 2.05) is 44.3 Å². The number of aryl methyl sites for hydroxylation is 2.